The zero-order chi connectivity index (χ0) is 15.6. The first-order chi connectivity index (χ1) is 9.90. The fourth-order valence-corrected chi connectivity index (χ4v) is 1.87. The second-order valence-corrected chi connectivity index (χ2v) is 4.59. The summed E-state index contributed by atoms with van der Waals surface area (Å²) >= 11 is 0. The molecule has 7 heteroatoms. The first-order valence-corrected chi connectivity index (χ1v) is 6.17. The van der Waals surface area contributed by atoms with Crippen LogP contribution in [-0.2, 0) is 0 Å². The van der Waals surface area contributed by atoms with Crippen molar-refractivity contribution in [2.24, 2.45) is 0 Å². The highest BCUT2D eigenvalue weighted by molar-refractivity contribution is 6.07. The van der Waals surface area contributed by atoms with Crippen LogP contribution in [0.1, 0.15) is 21.5 Å². The van der Waals surface area contributed by atoms with Gasteiger partial charge in [0.2, 0.25) is 0 Å². The smallest absolute Gasteiger partial charge is 0.300 e. The summed E-state index contributed by atoms with van der Waals surface area (Å²) < 4.78 is 0. The molecule has 0 spiro atoms. The molecule has 1 aromatic heterocycles. The van der Waals surface area contributed by atoms with Crippen molar-refractivity contribution in [3.05, 3.63) is 57.3 Å². The lowest BCUT2D eigenvalue weighted by molar-refractivity contribution is -0.385. The van der Waals surface area contributed by atoms with E-state index in [2.05, 4.69) is 10.3 Å². The molecule has 2 aromatic rings. The molecular formula is C14H14N4O3. The maximum atomic E-state index is 12.3. The van der Waals surface area contributed by atoms with Gasteiger partial charge in [-0.25, -0.2) is 4.98 Å². The Morgan fingerprint density at radius 3 is 2.76 bits per heavy atom. The van der Waals surface area contributed by atoms with Crippen molar-refractivity contribution < 1.29 is 9.72 Å². The Morgan fingerprint density at radius 1 is 1.38 bits per heavy atom. The van der Waals surface area contributed by atoms with Gasteiger partial charge in [-0.3, -0.25) is 14.9 Å². The first-order valence-electron chi connectivity index (χ1n) is 6.17. The van der Waals surface area contributed by atoms with Gasteiger partial charge >= 0.3 is 0 Å². The van der Waals surface area contributed by atoms with Gasteiger partial charge in [-0.15, -0.1) is 0 Å². The third kappa shape index (κ3) is 2.97. The minimum Gasteiger partial charge on any atom is -0.384 e. The third-order valence-corrected chi connectivity index (χ3v) is 3.20. The van der Waals surface area contributed by atoms with E-state index in [0.29, 0.717) is 5.69 Å². The van der Waals surface area contributed by atoms with Crippen LogP contribution in [0, 0.1) is 24.0 Å². The minimum atomic E-state index is -0.662. The maximum Gasteiger partial charge on any atom is 0.300 e. The first kappa shape index (κ1) is 14.4. The molecule has 0 saturated heterocycles. The molecule has 0 aliphatic rings. The molecule has 7 nitrogen and oxygen atoms in total. The van der Waals surface area contributed by atoms with Crippen molar-refractivity contribution in [2.45, 2.75) is 13.8 Å². The van der Waals surface area contributed by atoms with Gasteiger partial charge in [0.15, 0.2) is 0 Å². The summed E-state index contributed by atoms with van der Waals surface area (Å²) in [6, 6.07) is 6.64. The van der Waals surface area contributed by atoms with E-state index in [-0.39, 0.29) is 17.1 Å². The molecule has 0 fully saturated rings. The standard InChI is InChI=1S/C14H14N4O3/c1-8-4-3-5-11(9(8)2)17-14(19)10-6-13(15)16-7-12(10)18(20)21/h3-7H,1-2H3,(H2,15,16)(H,17,19). The molecule has 1 heterocycles. The number of anilines is 2. The van der Waals surface area contributed by atoms with Crippen LogP contribution < -0.4 is 11.1 Å². The van der Waals surface area contributed by atoms with Gasteiger partial charge in [0.1, 0.15) is 17.6 Å². The Bertz CT molecular complexity index is 728. The summed E-state index contributed by atoms with van der Waals surface area (Å²) in [6.07, 6.45) is 0.980. The van der Waals surface area contributed by atoms with E-state index >= 15 is 0 Å². The van der Waals surface area contributed by atoms with Crippen molar-refractivity contribution >= 4 is 23.1 Å². The number of aryl methyl sites for hydroxylation is 1. The van der Waals surface area contributed by atoms with Gasteiger partial charge < -0.3 is 11.1 Å². The molecule has 0 aliphatic carbocycles. The number of amides is 1. The number of nitrogens with zero attached hydrogens (tertiary/aromatic N) is 2. The second kappa shape index (κ2) is 5.58. The van der Waals surface area contributed by atoms with Gasteiger partial charge in [-0.1, -0.05) is 12.1 Å². The maximum absolute atomic E-state index is 12.3. The molecule has 108 valence electrons. The highest BCUT2D eigenvalue weighted by Gasteiger charge is 2.21. The molecule has 2 rings (SSSR count). The fourth-order valence-electron chi connectivity index (χ4n) is 1.87. The Labute approximate surface area is 121 Å². The van der Waals surface area contributed by atoms with Crippen molar-refractivity contribution in [3.8, 4) is 0 Å². The number of carbonyl (C=O) groups excluding carboxylic acids is 1. The Kier molecular flexibility index (Phi) is 3.84. The molecule has 21 heavy (non-hydrogen) atoms. The van der Waals surface area contributed by atoms with Crippen LogP contribution in [0.15, 0.2) is 30.5 Å². The number of benzene rings is 1. The SMILES string of the molecule is Cc1cccc(NC(=O)c2cc(N)ncc2[N+](=O)[O-])c1C. The molecule has 3 N–H and O–H groups in total. The molecule has 0 bridgehead atoms. The van der Waals surface area contributed by atoms with E-state index in [4.69, 9.17) is 5.73 Å². The number of nitro groups is 1. The molecule has 0 radical (unpaired) electrons. The van der Waals surface area contributed by atoms with Crippen LogP contribution in [0.2, 0.25) is 0 Å². The summed E-state index contributed by atoms with van der Waals surface area (Å²) in [5.74, 6) is -0.545. The van der Waals surface area contributed by atoms with Crippen molar-refractivity contribution in [1.29, 1.82) is 0 Å². The number of nitrogens with two attached hydrogens (primary N) is 1. The van der Waals surface area contributed by atoms with Crippen molar-refractivity contribution in [2.75, 3.05) is 11.1 Å². The summed E-state index contributed by atoms with van der Waals surface area (Å²) in [4.78, 5) is 26.2. The normalized spacial score (nSPS) is 10.2. The van der Waals surface area contributed by atoms with Gasteiger partial charge in [0.25, 0.3) is 11.6 Å². The monoisotopic (exact) mass is 286 g/mol. The average molecular weight is 286 g/mol. The van der Waals surface area contributed by atoms with E-state index in [9.17, 15) is 14.9 Å². The Balaban J connectivity index is 2.39. The number of pyridine rings is 1. The quantitative estimate of drug-likeness (QED) is 0.665. The summed E-state index contributed by atoms with van der Waals surface area (Å²) in [5.41, 5.74) is 7.51. The second-order valence-electron chi connectivity index (χ2n) is 4.59. The molecular weight excluding hydrogens is 272 g/mol. The van der Waals surface area contributed by atoms with E-state index in [0.717, 1.165) is 17.3 Å². The highest BCUT2D eigenvalue weighted by Crippen LogP contribution is 2.23. The molecule has 0 saturated carbocycles. The number of hydrogen-bond acceptors (Lipinski definition) is 5. The van der Waals surface area contributed by atoms with E-state index in [1.807, 2.05) is 19.9 Å². The minimum absolute atomic E-state index is 0.0479. The van der Waals surface area contributed by atoms with Gasteiger partial charge in [-0.2, -0.15) is 0 Å². The average Bonchev–Trinajstić information content (AvgIpc) is 2.43. The summed E-state index contributed by atoms with van der Waals surface area (Å²) in [5, 5.41) is 13.6. The van der Waals surface area contributed by atoms with Crippen molar-refractivity contribution in [3.63, 3.8) is 0 Å². The lowest BCUT2D eigenvalue weighted by atomic mass is 10.1. The topological polar surface area (TPSA) is 111 Å². The van der Waals surface area contributed by atoms with Crippen LogP contribution >= 0.6 is 0 Å². The van der Waals surface area contributed by atoms with E-state index in [1.165, 1.54) is 6.07 Å². The van der Waals surface area contributed by atoms with E-state index < -0.39 is 10.8 Å². The lowest BCUT2D eigenvalue weighted by Gasteiger charge is -2.10. The van der Waals surface area contributed by atoms with Crippen LogP contribution in [0.25, 0.3) is 0 Å². The number of hydrogen-bond donors (Lipinski definition) is 2. The number of aromatic nitrogens is 1. The third-order valence-electron chi connectivity index (χ3n) is 3.20. The predicted octanol–water partition coefficient (Wildman–Crippen LogP) is 2.44. The number of carbonyl (C=O) groups is 1. The highest BCUT2D eigenvalue weighted by atomic mass is 16.6. The van der Waals surface area contributed by atoms with Crippen LogP contribution in [0.3, 0.4) is 0 Å². The van der Waals surface area contributed by atoms with Crippen LogP contribution in [0.4, 0.5) is 17.2 Å². The number of rotatable bonds is 3. The van der Waals surface area contributed by atoms with E-state index in [1.54, 1.807) is 12.1 Å². The zero-order valence-electron chi connectivity index (χ0n) is 11.6. The number of nitrogen functional groups attached to an aromatic ring is 1. The summed E-state index contributed by atoms with van der Waals surface area (Å²) in [6.45, 7) is 3.78. The Hall–Kier alpha value is -2.96. The van der Waals surface area contributed by atoms with Crippen molar-refractivity contribution in [1.82, 2.24) is 4.98 Å². The molecule has 1 aromatic carbocycles. The number of nitrogens with one attached hydrogen (secondary N) is 1. The van der Waals surface area contributed by atoms with Gasteiger partial charge in [0.05, 0.1) is 4.92 Å². The largest absolute Gasteiger partial charge is 0.384 e. The van der Waals surface area contributed by atoms with Gasteiger partial charge in [-0.05, 0) is 37.1 Å². The molecule has 0 aliphatic heterocycles. The predicted molar refractivity (Wildman–Crippen MR) is 79.2 cm³/mol. The van der Waals surface area contributed by atoms with Gasteiger partial charge in [0, 0.05) is 5.69 Å². The zero-order valence-corrected chi connectivity index (χ0v) is 11.6. The van der Waals surface area contributed by atoms with Crippen LogP contribution in [-0.4, -0.2) is 15.8 Å². The molecule has 0 unspecified atom stereocenters. The van der Waals surface area contributed by atoms with Crippen LogP contribution in [0.5, 0.6) is 0 Å². The fraction of sp³-hybridized carbons (Fsp3) is 0.143. The molecule has 0 atom stereocenters. The molecule has 1 amide bonds. The lowest BCUT2D eigenvalue weighted by Crippen LogP contribution is -2.15. The Morgan fingerprint density at radius 2 is 2.10 bits per heavy atom. The summed E-state index contributed by atoms with van der Waals surface area (Å²) in [7, 11) is 0.